The highest BCUT2D eigenvalue weighted by Crippen LogP contribution is 2.41. The highest BCUT2D eigenvalue weighted by atomic mass is 16.7. The molecule has 6 aromatic rings. The van der Waals surface area contributed by atoms with E-state index < -0.39 is 53.6 Å². The number of fused-ring (bicyclic) bond motifs is 2. The molecule has 7 rings (SSSR count). The maximum atomic E-state index is 12.5. The number of hydrogen-bond donors (Lipinski definition) is 11. The van der Waals surface area contributed by atoms with Gasteiger partial charge in [-0.3, -0.25) is 4.79 Å². The van der Waals surface area contributed by atoms with Crippen molar-refractivity contribution in [2.24, 2.45) is 0 Å². The van der Waals surface area contributed by atoms with Crippen molar-refractivity contribution in [3.63, 3.8) is 0 Å². The number of carbonyl (C=O) groups excluding carboxylic acids is 1. The zero-order chi connectivity index (χ0) is 39.2. The van der Waals surface area contributed by atoms with E-state index in [2.05, 4.69) is 0 Å². The van der Waals surface area contributed by atoms with Crippen molar-refractivity contribution in [2.75, 3.05) is 0 Å². The Bertz CT molecular complexity index is 2480. The molecule has 1 unspecified atom stereocenters. The van der Waals surface area contributed by atoms with Gasteiger partial charge in [-0.15, -0.1) is 0 Å². The minimum Gasteiger partial charge on any atom is -0.547 e. The fourth-order valence-electron chi connectivity index (χ4n) is 5.47. The van der Waals surface area contributed by atoms with Gasteiger partial charge in [0.2, 0.25) is 12.0 Å². The lowest BCUT2D eigenvalue weighted by molar-refractivity contribution is -0.342. The third-order valence-electron chi connectivity index (χ3n) is 8.17. The van der Waals surface area contributed by atoms with E-state index in [1.165, 1.54) is 42.5 Å². The van der Waals surface area contributed by atoms with E-state index in [0.29, 0.717) is 5.56 Å². The first kappa shape index (κ1) is 36.8. The number of hydrogen-bond acceptors (Lipinski definition) is 17. The van der Waals surface area contributed by atoms with Crippen molar-refractivity contribution in [3.8, 4) is 74.4 Å². The van der Waals surface area contributed by atoms with Crippen LogP contribution in [0.5, 0.6) is 51.7 Å². The van der Waals surface area contributed by atoms with E-state index in [1.54, 1.807) is 0 Å². The van der Waals surface area contributed by atoms with Crippen LogP contribution in [0.25, 0.3) is 44.6 Å². The number of benzene rings is 4. The number of ether oxygens (including phenoxy) is 2. The predicted octanol–water partition coefficient (Wildman–Crippen LogP) is 1.42. The second-order valence-electron chi connectivity index (χ2n) is 11.9. The molecule has 0 radical (unpaired) electrons. The molecule has 0 amide bonds. The van der Waals surface area contributed by atoms with Crippen molar-refractivity contribution in [3.05, 3.63) is 83.0 Å². The van der Waals surface area contributed by atoms with Crippen LogP contribution >= 0.6 is 0 Å². The summed E-state index contributed by atoms with van der Waals surface area (Å²) in [7, 11) is 0. The fraction of sp³-hybridized carbons (Fsp3) is 0.139. The fourth-order valence-corrected chi connectivity index (χ4v) is 5.47. The summed E-state index contributed by atoms with van der Waals surface area (Å²) >= 11 is 0. The number of aliphatic carboxylic acids is 1. The first-order valence-electron chi connectivity index (χ1n) is 15.5. The van der Waals surface area contributed by atoms with Gasteiger partial charge in [0.05, 0.1) is 17.6 Å². The van der Waals surface area contributed by atoms with E-state index in [1.807, 2.05) is 0 Å². The number of aliphatic hydroxyl groups excluding tert-OH is 3. The molecule has 1 fully saturated rings. The Morgan fingerprint density at radius 1 is 0.667 bits per heavy atom. The summed E-state index contributed by atoms with van der Waals surface area (Å²) in [6.45, 7) is 0. The van der Waals surface area contributed by atoms with Crippen molar-refractivity contribution in [2.45, 2.75) is 30.7 Å². The van der Waals surface area contributed by atoms with Gasteiger partial charge in [0.1, 0.15) is 69.5 Å². The molecular weight excluding hydrogens is 720 g/mol. The average molecular weight is 749 g/mol. The van der Waals surface area contributed by atoms with Crippen LogP contribution in [0.2, 0.25) is 0 Å². The zero-order valence-electron chi connectivity index (χ0n) is 27.1. The maximum absolute atomic E-state index is 12.5. The number of phenols is 7. The Morgan fingerprint density at radius 2 is 1.31 bits per heavy atom. The number of carboxylic acids is 1. The summed E-state index contributed by atoms with van der Waals surface area (Å²) in [5.74, 6) is -4.83. The van der Waals surface area contributed by atoms with Crippen LogP contribution in [-0.2, 0) is 9.53 Å². The van der Waals surface area contributed by atoms with Gasteiger partial charge in [0.15, 0.2) is 28.4 Å². The lowest BCUT2D eigenvalue weighted by Gasteiger charge is -2.40. The monoisotopic (exact) mass is 748 g/mol. The first-order chi connectivity index (χ1) is 25.5. The molecule has 3 heterocycles. The Hall–Kier alpha value is -6.99. The summed E-state index contributed by atoms with van der Waals surface area (Å²) in [5.41, 5.74) is -0.106. The van der Waals surface area contributed by atoms with E-state index >= 15 is 0 Å². The molecule has 2 aromatic heterocycles. The highest BCUT2D eigenvalue weighted by Gasteiger charge is 2.45. The lowest BCUT2D eigenvalue weighted by atomic mass is 9.99. The number of aromatic hydroxyl groups is 8. The zero-order valence-corrected chi connectivity index (χ0v) is 27.1. The van der Waals surface area contributed by atoms with Crippen molar-refractivity contribution >= 4 is 27.9 Å². The number of phenolic OH excluding ortho intramolecular Hbond substituents is 7. The van der Waals surface area contributed by atoms with Crippen LogP contribution in [0.15, 0.2) is 86.4 Å². The van der Waals surface area contributed by atoms with Gasteiger partial charge < -0.3 is 80.0 Å². The van der Waals surface area contributed by atoms with E-state index in [-0.39, 0.29) is 79.3 Å². The largest absolute Gasteiger partial charge is 0.547 e. The SMILES string of the molecule is O=C([O-])[C@H]1OC(Oc2cc(O)c3c(=O)cc(-c4ccc(O)c(O)c4)oc3c2)[C@H](O)[C@@H](O)[C@@H]1O.Oc1cc(O)c2cc(O)c(-c3ccc(O)c(O)c3)[o+]c2c1. The molecule has 0 aliphatic carbocycles. The molecule has 1 saturated heterocycles. The number of carbonyl (C=O) groups is 1. The molecule has 11 N–H and O–H groups in total. The molecule has 18 heteroatoms. The van der Waals surface area contributed by atoms with Crippen LogP contribution in [0.3, 0.4) is 0 Å². The third kappa shape index (κ3) is 7.07. The Balaban J connectivity index is 0.000000203. The van der Waals surface area contributed by atoms with Crippen LogP contribution in [0.1, 0.15) is 0 Å². The van der Waals surface area contributed by atoms with Gasteiger partial charge in [0, 0.05) is 42.0 Å². The molecule has 280 valence electrons. The molecule has 0 bridgehead atoms. The van der Waals surface area contributed by atoms with Crippen LogP contribution in [0.4, 0.5) is 0 Å². The average Bonchev–Trinajstić information content (AvgIpc) is 3.10. The second kappa shape index (κ2) is 14.2. The van der Waals surface area contributed by atoms with Gasteiger partial charge in [-0.05, 0) is 30.3 Å². The van der Waals surface area contributed by atoms with Crippen LogP contribution in [0, 0.1) is 0 Å². The predicted molar refractivity (Wildman–Crippen MR) is 180 cm³/mol. The second-order valence-corrected chi connectivity index (χ2v) is 11.9. The topological polar surface area (TPSA) is 323 Å². The standard InChI is InChI=1S/C21H18O12.C15H10O6/c22-9-2-1-7(3-10(9)23)13-6-12(25)15-11(24)4-8(5-14(15)32-13)31-21-18(28)16(26)17(27)19(33-21)20(29)30;16-8-4-11(18)9-6-13(20)15(21-14(9)5-8)7-1-2-10(17)12(19)3-7/h1-6,16-19,21-24,26-28H,(H,29,30);1-6H,(H4-,16,17,18,19,20)/t16-,17-,18+,19-,21?;/m0./s1. The molecule has 54 heavy (non-hydrogen) atoms. The Kier molecular flexibility index (Phi) is 9.68. The molecular formula is C36H28O18. The summed E-state index contributed by atoms with van der Waals surface area (Å²) < 4.78 is 21.4. The van der Waals surface area contributed by atoms with Crippen LogP contribution < -0.4 is 15.3 Å². The number of rotatable bonds is 5. The summed E-state index contributed by atoms with van der Waals surface area (Å²) in [6, 6.07) is 14.5. The van der Waals surface area contributed by atoms with Crippen LogP contribution in [-0.4, -0.2) is 92.8 Å². The van der Waals surface area contributed by atoms with Crippen molar-refractivity contribution < 1.29 is 84.4 Å². The van der Waals surface area contributed by atoms with Gasteiger partial charge in [0.25, 0.3) is 0 Å². The molecule has 0 spiro atoms. The molecule has 5 atom stereocenters. The normalized spacial score (nSPS) is 19.6. The maximum Gasteiger partial charge on any atom is 0.402 e. The smallest absolute Gasteiger partial charge is 0.402 e. The summed E-state index contributed by atoms with van der Waals surface area (Å²) in [5, 5.41) is 118. The van der Waals surface area contributed by atoms with E-state index in [4.69, 9.17) is 18.3 Å². The van der Waals surface area contributed by atoms with Gasteiger partial charge in [-0.1, -0.05) is 0 Å². The van der Waals surface area contributed by atoms with E-state index in [9.17, 15) is 70.9 Å². The van der Waals surface area contributed by atoms with E-state index in [0.717, 1.165) is 30.3 Å². The number of aliphatic hydroxyl groups is 3. The molecule has 4 aromatic carbocycles. The summed E-state index contributed by atoms with van der Waals surface area (Å²) in [4.78, 5) is 23.7. The van der Waals surface area contributed by atoms with Gasteiger partial charge >= 0.3 is 11.3 Å². The molecule has 0 saturated carbocycles. The Labute approximate surface area is 300 Å². The third-order valence-corrected chi connectivity index (χ3v) is 8.17. The van der Waals surface area contributed by atoms with Crippen molar-refractivity contribution in [1.82, 2.24) is 0 Å². The minimum absolute atomic E-state index is 0.0242. The first-order valence-corrected chi connectivity index (χ1v) is 15.5. The number of carboxylic acid groups (broad SMARTS) is 1. The molecule has 1 aliphatic rings. The lowest BCUT2D eigenvalue weighted by Crippen LogP contribution is -2.63. The highest BCUT2D eigenvalue weighted by molar-refractivity contribution is 5.88. The van der Waals surface area contributed by atoms with Gasteiger partial charge in [-0.2, -0.15) is 0 Å². The quantitative estimate of drug-likeness (QED) is 0.0877. The Morgan fingerprint density at radius 3 is 1.96 bits per heavy atom. The van der Waals surface area contributed by atoms with Crippen molar-refractivity contribution in [1.29, 1.82) is 0 Å². The molecule has 18 nitrogen and oxygen atoms in total. The molecule has 1 aliphatic heterocycles. The minimum atomic E-state index is -2.01. The summed E-state index contributed by atoms with van der Waals surface area (Å²) in [6.07, 6.45) is -9.57. The van der Waals surface area contributed by atoms with Gasteiger partial charge in [-0.25, -0.2) is 4.42 Å².